The highest BCUT2D eigenvalue weighted by Crippen LogP contribution is 2.24. The number of nitrogens with one attached hydrogen (secondary N) is 3. The van der Waals surface area contributed by atoms with Crippen molar-refractivity contribution in [1.82, 2.24) is 19.5 Å². The van der Waals surface area contributed by atoms with Gasteiger partial charge in [0.25, 0.3) is 0 Å². The summed E-state index contributed by atoms with van der Waals surface area (Å²) in [6, 6.07) is 7.04. The summed E-state index contributed by atoms with van der Waals surface area (Å²) in [6.45, 7) is 6.04. The van der Waals surface area contributed by atoms with Crippen LogP contribution in [0, 0.1) is 10.7 Å². The number of halogens is 1. The number of fused-ring (bicyclic) bond motifs is 1. The van der Waals surface area contributed by atoms with Crippen LogP contribution in [0.2, 0.25) is 5.02 Å². The van der Waals surface area contributed by atoms with Gasteiger partial charge in [0.1, 0.15) is 15.2 Å². The molecule has 3 N–H and O–H groups in total. The minimum absolute atomic E-state index is 0.0743. The Hall–Kier alpha value is -2.72. The van der Waals surface area contributed by atoms with Crippen molar-refractivity contribution in [2.24, 2.45) is 5.92 Å². The lowest BCUT2D eigenvalue weighted by Crippen LogP contribution is -2.24. The van der Waals surface area contributed by atoms with Gasteiger partial charge in [0.05, 0.1) is 6.54 Å². The molecule has 11 heteroatoms. The Morgan fingerprint density at radius 1 is 1.15 bits per heavy atom. The molecular formula is C23H31ClN6O3S. The maximum Gasteiger partial charge on any atom is 0.328 e. The molecule has 0 fully saturated rings. The number of anilines is 1. The fourth-order valence-electron chi connectivity index (χ4n) is 3.87. The molecule has 1 unspecified atom stereocenters. The summed E-state index contributed by atoms with van der Waals surface area (Å²) in [5.74, 6) is -0.271. The van der Waals surface area contributed by atoms with E-state index < -0.39 is 15.4 Å². The normalized spacial score (nSPS) is 13.3. The molecule has 0 bridgehead atoms. The lowest BCUT2D eigenvalue weighted by molar-refractivity contribution is -0.120. The summed E-state index contributed by atoms with van der Waals surface area (Å²) >= 11 is 5.97. The molecule has 0 radical (unpaired) electrons. The highest BCUT2D eigenvalue weighted by Gasteiger charge is 2.24. The molecule has 0 aliphatic carbocycles. The number of H-pyrrole nitrogens is 1. The van der Waals surface area contributed by atoms with Crippen LogP contribution in [-0.2, 0) is 21.1 Å². The van der Waals surface area contributed by atoms with E-state index in [1.807, 2.05) is 20.8 Å². The van der Waals surface area contributed by atoms with Crippen molar-refractivity contribution >= 4 is 44.2 Å². The average molecular weight is 507 g/mol. The van der Waals surface area contributed by atoms with E-state index in [9.17, 15) is 13.8 Å². The quantitative estimate of drug-likeness (QED) is 0.321. The summed E-state index contributed by atoms with van der Waals surface area (Å²) in [7, 11) is -3.31. The fraction of sp³-hybridized carbons (Fsp3) is 0.478. The number of hydrogen-bond acceptors (Lipinski definition) is 6. The van der Waals surface area contributed by atoms with Gasteiger partial charge in [-0.1, -0.05) is 57.3 Å². The van der Waals surface area contributed by atoms with Crippen LogP contribution in [0.3, 0.4) is 0 Å². The van der Waals surface area contributed by atoms with Gasteiger partial charge in [-0.3, -0.25) is 9.36 Å². The van der Waals surface area contributed by atoms with Crippen LogP contribution in [0.15, 0.2) is 34.2 Å². The van der Waals surface area contributed by atoms with E-state index in [1.165, 1.54) is 4.57 Å². The van der Waals surface area contributed by atoms with E-state index in [4.69, 9.17) is 16.4 Å². The molecular weight excluding hydrogens is 476 g/mol. The van der Waals surface area contributed by atoms with Crippen LogP contribution < -0.4 is 11.0 Å². The lowest BCUT2D eigenvalue weighted by atomic mass is 9.97. The standard InChI is InChI=1S/C23H31ClN6O3S/c1-4-7-16(8-5-2)21(31)27-19-18-20(29-22(28-19)34(25,33)13-6-3)30(23(32)26-18)14-15-9-11-17(24)12-10-15/h9-12,16,25H,4-8,13-14H2,1-3H3,(H,26,32)(H,27,28,29,31). The summed E-state index contributed by atoms with van der Waals surface area (Å²) in [5.41, 5.74) is 0.801. The largest absolute Gasteiger partial charge is 0.328 e. The van der Waals surface area contributed by atoms with Crippen molar-refractivity contribution in [3.63, 3.8) is 0 Å². The zero-order valence-electron chi connectivity index (χ0n) is 19.7. The molecule has 1 aromatic carbocycles. The highest BCUT2D eigenvalue weighted by molar-refractivity contribution is 7.92. The number of benzene rings is 1. The molecule has 34 heavy (non-hydrogen) atoms. The first-order chi connectivity index (χ1) is 16.2. The molecule has 0 saturated carbocycles. The van der Waals surface area contributed by atoms with Gasteiger partial charge in [-0.15, -0.1) is 0 Å². The number of rotatable bonds is 11. The Bertz CT molecular complexity index is 1310. The first kappa shape index (κ1) is 25.9. The molecule has 3 aromatic rings. The third-order valence-electron chi connectivity index (χ3n) is 5.53. The van der Waals surface area contributed by atoms with Gasteiger partial charge in [0.2, 0.25) is 11.1 Å². The van der Waals surface area contributed by atoms with Crippen molar-refractivity contribution in [2.45, 2.75) is 64.6 Å². The van der Waals surface area contributed by atoms with Gasteiger partial charge in [0.15, 0.2) is 11.5 Å². The Morgan fingerprint density at radius 2 is 1.79 bits per heavy atom. The number of aromatic amines is 1. The van der Waals surface area contributed by atoms with E-state index in [0.29, 0.717) is 11.4 Å². The molecule has 1 amide bonds. The maximum absolute atomic E-state index is 13.0. The number of carbonyl (C=O) groups excluding carboxylic acids is 1. The van der Waals surface area contributed by atoms with Crippen LogP contribution in [-0.4, -0.2) is 35.4 Å². The smallest absolute Gasteiger partial charge is 0.309 e. The molecule has 2 aromatic heterocycles. The van der Waals surface area contributed by atoms with Gasteiger partial charge < -0.3 is 10.3 Å². The zero-order valence-corrected chi connectivity index (χ0v) is 21.3. The van der Waals surface area contributed by atoms with Gasteiger partial charge >= 0.3 is 5.69 Å². The minimum Gasteiger partial charge on any atom is -0.309 e. The molecule has 0 saturated heterocycles. The van der Waals surface area contributed by atoms with Gasteiger partial charge in [-0.25, -0.2) is 13.8 Å². The minimum atomic E-state index is -3.31. The van der Waals surface area contributed by atoms with E-state index in [1.54, 1.807) is 24.3 Å². The predicted molar refractivity (Wildman–Crippen MR) is 135 cm³/mol. The van der Waals surface area contributed by atoms with E-state index >= 15 is 0 Å². The molecule has 3 rings (SSSR count). The number of nitrogens with zero attached hydrogens (tertiary/aromatic N) is 3. The first-order valence-electron chi connectivity index (χ1n) is 11.5. The second-order valence-electron chi connectivity index (χ2n) is 8.34. The molecule has 0 aliphatic heterocycles. The summed E-state index contributed by atoms with van der Waals surface area (Å²) in [5, 5.41) is 3.21. The van der Waals surface area contributed by atoms with Gasteiger partial charge in [-0.2, -0.15) is 9.97 Å². The summed E-state index contributed by atoms with van der Waals surface area (Å²) in [4.78, 5) is 37.3. The SMILES string of the molecule is CCCC(CCC)C(=O)Nc1nc(S(=N)(=O)CCC)nc2c1[nH]c(=O)n2Cc1ccc(Cl)cc1. The number of amides is 1. The number of hydrogen-bond donors (Lipinski definition) is 3. The van der Waals surface area contributed by atoms with Crippen LogP contribution >= 0.6 is 11.6 Å². The number of aromatic nitrogens is 4. The zero-order chi connectivity index (χ0) is 24.9. The first-order valence-corrected chi connectivity index (χ1v) is 13.6. The third kappa shape index (κ3) is 5.85. The van der Waals surface area contributed by atoms with Crippen LogP contribution in [0.4, 0.5) is 5.82 Å². The number of carbonyl (C=O) groups is 1. The second-order valence-corrected chi connectivity index (χ2v) is 10.9. The Kier molecular flexibility index (Phi) is 8.48. The molecule has 9 nitrogen and oxygen atoms in total. The number of imidazole rings is 1. The van der Waals surface area contributed by atoms with Crippen molar-refractivity contribution in [3.05, 3.63) is 45.3 Å². The van der Waals surface area contributed by atoms with Crippen molar-refractivity contribution < 1.29 is 9.00 Å². The van der Waals surface area contributed by atoms with Crippen molar-refractivity contribution in [2.75, 3.05) is 11.1 Å². The summed E-state index contributed by atoms with van der Waals surface area (Å²) < 4.78 is 22.8. The lowest BCUT2D eigenvalue weighted by Gasteiger charge is -2.16. The van der Waals surface area contributed by atoms with E-state index in [0.717, 1.165) is 31.2 Å². The summed E-state index contributed by atoms with van der Waals surface area (Å²) in [6.07, 6.45) is 3.66. The molecule has 2 heterocycles. The van der Waals surface area contributed by atoms with Crippen LogP contribution in [0.1, 0.15) is 58.4 Å². The highest BCUT2D eigenvalue weighted by atomic mass is 35.5. The third-order valence-corrected chi connectivity index (χ3v) is 7.54. The Balaban J connectivity index is 2.14. The molecule has 184 valence electrons. The fourth-order valence-corrected chi connectivity index (χ4v) is 5.22. The monoisotopic (exact) mass is 506 g/mol. The van der Waals surface area contributed by atoms with Gasteiger partial charge in [0, 0.05) is 16.7 Å². The van der Waals surface area contributed by atoms with Crippen LogP contribution in [0.25, 0.3) is 11.2 Å². The molecule has 0 aliphatic rings. The topological polar surface area (TPSA) is 134 Å². The Morgan fingerprint density at radius 3 is 2.38 bits per heavy atom. The Labute approximate surface area is 204 Å². The van der Waals surface area contributed by atoms with Gasteiger partial charge in [-0.05, 0) is 37.0 Å². The molecule has 1 atom stereocenters. The molecule has 0 spiro atoms. The van der Waals surface area contributed by atoms with E-state index in [-0.39, 0.29) is 46.3 Å². The predicted octanol–water partition coefficient (Wildman–Crippen LogP) is 4.79. The van der Waals surface area contributed by atoms with Crippen LogP contribution in [0.5, 0.6) is 0 Å². The average Bonchev–Trinajstić information content (AvgIpc) is 3.10. The van der Waals surface area contributed by atoms with E-state index in [2.05, 4.69) is 20.3 Å². The maximum atomic E-state index is 13.0. The van der Waals surface area contributed by atoms with Crippen molar-refractivity contribution in [3.8, 4) is 0 Å². The van der Waals surface area contributed by atoms with Crippen molar-refractivity contribution in [1.29, 1.82) is 4.78 Å². The second kappa shape index (κ2) is 11.1.